The maximum atomic E-state index is 13.1. The van der Waals surface area contributed by atoms with E-state index >= 15 is 0 Å². The zero-order valence-electron chi connectivity index (χ0n) is 11.4. The van der Waals surface area contributed by atoms with Crippen LogP contribution in [0.2, 0.25) is 5.15 Å². The standard InChI is InChI=1S/C14H12ClF3N4/c15-12-9-3-6-22(7-4-11(9)20-8-21-12)13-10(14(16,17)18)2-1-5-19-13/h1-2,5,8H,3-4,6-7H2. The second-order valence-electron chi connectivity index (χ2n) is 4.95. The SMILES string of the molecule is FC(F)(F)c1cccnc1N1CCc2ncnc(Cl)c2CC1. The van der Waals surface area contributed by atoms with Gasteiger partial charge in [0.1, 0.15) is 17.3 Å². The lowest BCUT2D eigenvalue weighted by atomic mass is 10.1. The fraction of sp³-hybridized carbons (Fsp3) is 0.357. The minimum atomic E-state index is -4.43. The van der Waals surface area contributed by atoms with E-state index < -0.39 is 11.7 Å². The van der Waals surface area contributed by atoms with Crippen molar-refractivity contribution in [2.24, 2.45) is 0 Å². The molecule has 0 amide bonds. The summed E-state index contributed by atoms with van der Waals surface area (Å²) in [6, 6.07) is 2.34. The molecule has 3 heterocycles. The first-order valence-corrected chi connectivity index (χ1v) is 7.10. The molecule has 1 aliphatic rings. The van der Waals surface area contributed by atoms with Gasteiger partial charge in [-0.1, -0.05) is 11.6 Å². The van der Waals surface area contributed by atoms with E-state index in [4.69, 9.17) is 11.6 Å². The monoisotopic (exact) mass is 328 g/mol. The van der Waals surface area contributed by atoms with Gasteiger partial charge >= 0.3 is 6.18 Å². The van der Waals surface area contributed by atoms with Crippen LogP contribution in [0.15, 0.2) is 24.7 Å². The fourth-order valence-corrected chi connectivity index (χ4v) is 2.82. The molecule has 0 aliphatic carbocycles. The molecule has 0 bridgehead atoms. The Balaban J connectivity index is 1.92. The molecule has 0 radical (unpaired) electrons. The van der Waals surface area contributed by atoms with Gasteiger partial charge in [0.2, 0.25) is 0 Å². The van der Waals surface area contributed by atoms with Crippen molar-refractivity contribution in [2.45, 2.75) is 19.0 Å². The number of nitrogens with zero attached hydrogens (tertiary/aromatic N) is 4. The van der Waals surface area contributed by atoms with Gasteiger partial charge in [0.05, 0.1) is 11.3 Å². The van der Waals surface area contributed by atoms with Crippen LogP contribution in [0.5, 0.6) is 0 Å². The van der Waals surface area contributed by atoms with E-state index in [1.807, 2.05) is 0 Å². The van der Waals surface area contributed by atoms with E-state index in [1.165, 1.54) is 18.6 Å². The quantitative estimate of drug-likeness (QED) is 0.754. The summed E-state index contributed by atoms with van der Waals surface area (Å²) in [5.74, 6) is -0.0492. The molecular formula is C14H12ClF3N4. The van der Waals surface area contributed by atoms with E-state index in [0.717, 1.165) is 17.3 Å². The van der Waals surface area contributed by atoms with Crippen LogP contribution < -0.4 is 4.90 Å². The number of alkyl halides is 3. The highest BCUT2D eigenvalue weighted by molar-refractivity contribution is 6.30. The molecule has 8 heteroatoms. The number of halogens is 4. The van der Waals surface area contributed by atoms with Gasteiger partial charge in [-0.05, 0) is 18.6 Å². The predicted octanol–water partition coefficient (Wildman–Crippen LogP) is 3.15. The Morgan fingerprint density at radius 1 is 1.09 bits per heavy atom. The van der Waals surface area contributed by atoms with Crippen LogP contribution in [-0.4, -0.2) is 28.0 Å². The van der Waals surface area contributed by atoms with Crippen molar-refractivity contribution >= 4 is 17.4 Å². The van der Waals surface area contributed by atoms with Gasteiger partial charge in [-0.3, -0.25) is 0 Å². The number of rotatable bonds is 1. The van der Waals surface area contributed by atoms with Crippen molar-refractivity contribution < 1.29 is 13.2 Å². The zero-order chi connectivity index (χ0) is 15.7. The number of aromatic nitrogens is 3. The number of hydrogen-bond donors (Lipinski definition) is 0. The molecule has 0 saturated carbocycles. The van der Waals surface area contributed by atoms with E-state index in [2.05, 4.69) is 15.0 Å². The molecule has 0 unspecified atom stereocenters. The van der Waals surface area contributed by atoms with Crippen LogP contribution in [0.3, 0.4) is 0 Å². The molecule has 0 fully saturated rings. The second kappa shape index (κ2) is 5.72. The summed E-state index contributed by atoms with van der Waals surface area (Å²) in [5, 5.41) is 0.365. The van der Waals surface area contributed by atoms with Gasteiger partial charge in [-0.15, -0.1) is 0 Å². The summed E-state index contributed by atoms with van der Waals surface area (Å²) in [7, 11) is 0. The van der Waals surface area contributed by atoms with Crippen molar-refractivity contribution in [1.29, 1.82) is 0 Å². The summed E-state index contributed by atoms with van der Waals surface area (Å²) in [6.45, 7) is 0.792. The van der Waals surface area contributed by atoms with E-state index in [-0.39, 0.29) is 5.82 Å². The first-order chi connectivity index (χ1) is 10.5. The van der Waals surface area contributed by atoms with Crippen molar-refractivity contribution in [3.63, 3.8) is 0 Å². The largest absolute Gasteiger partial charge is 0.419 e. The summed E-state index contributed by atoms with van der Waals surface area (Å²) in [4.78, 5) is 13.7. The fourth-order valence-electron chi connectivity index (χ4n) is 2.57. The van der Waals surface area contributed by atoms with Crippen LogP contribution in [-0.2, 0) is 19.0 Å². The molecule has 0 spiro atoms. The lowest BCUT2D eigenvalue weighted by molar-refractivity contribution is -0.137. The molecule has 4 nitrogen and oxygen atoms in total. The maximum absolute atomic E-state index is 13.1. The van der Waals surface area contributed by atoms with Crippen LogP contribution in [0.4, 0.5) is 19.0 Å². The minimum Gasteiger partial charge on any atom is -0.355 e. The minimum absolute atomic E-state index is 0.0492. The van der Waals surface area contributed by atoms with Crippen LogP contribution >= 0.6 is 11.6 Å². The maximum Gasteiger partial charge on any atom is 0.419 e. The lowest BCUT2D eigenvalue weighted by Crippen LogP contribution is -2.29. The molecule has 2 aromatic rings. The molecule has 2 aromatic heterocycles. The summed E-state index contributed by atoms with van der Waals surface area (Å²) in [5.41, 5.74) is 0.862. The van der Waals surface area contributed by atoms with Gasteiger partial charge < -0.3 is 4.90 Å². The average molecular weight is 329 g/mol. The highest BCUT2D eigenvalue weighted by Crippen LogP contribution is 2.35. The van der Waals surface area contributed by atoms with Gasteiger partial charge in [-0.2, -0.15) is 13.2 Å². The van der Waals surface area contributed by atoms with Gasteiger partial charge in [0.15, 0.2) is 0 Å². The third-order valence-corrected chi connectivity index (χ3v) is 3.95. The molecule has 22 heavy (non-hydrogen) atoms. The smallest absolute Gasteiger partial charge is 0.355 e. The Labute approximate surface area is 130 Å². The Morgan fingerprint density at radius 2 is 1.86 bits per heavy atom. The van der Waals surface area contributed by atoms with Crippen LogP contribution in [0.25, 0.3) is 0 Å². The van der Waals surface area contributed by atoms with Gasteiger partial charge in [0.25, 0.3) is 0 Å². The molecular weight excluding hydrogens is 317 g/mol. The van der Waals surface area contributed by atoms with E-state index in [1.54, 1.807) is 4.90 Å². The first-order valence-electron chi connectivity index (χ1n) is 6.72. The summed E-state index contributed by atoms with van der Waals surface area (Å²) >= 11 is 6.05. The van der Waals surface area contributed by atoms with Gasteiger partial charge in [0, 0.05) is 31.3 Å². The Kier molecular flexibility index (Phi) is 3.90. The normalized spacial score (nSPS) is 15.4. The highest BCUT2D eigenvalue weighted by atomic mass is 35.5. The number of pyridine rings is 1. The Hall–Kier alpha value is -1.89. The van der Waals surface area contributed by atoms with Crippen molar-refractivity contribution in [3.8, 4) is 0 Å². The molecule has 0 atom stereocenters. The van der Waals surface area contributed by atoms with Crippen LogP contribution in [0, 0.1) is 0 Å². The van der Waals surface area contributed by atoms with E-state index in [0.29, 0.717) is 31.1 Å². The zero-order valence-corrected chi connectivity index (χ0v) is 12.2. The number of hydrogen-bond acceptors (Lipinski definition) is 4. The van der Waals surface area contributed by atoms with E-state index in [9.17, 15) is 13.2 Å². The Bertz CT molecular complexity index is 690. The molecule has 0 N–H and O–H groups in total. The number of anilines is 1. The molecule has 3 rings (SSSR count). The first kappa shape index (κ1) is 15.0. The third kappa shape index (κ3) is 2.85. The van der Waals surface area contributed by atoms with Crippen molar-refractivity contribution in [1.82, 2.24) is 15.0 Å². The van der Waals surface area contributed by atoms with Crippen LogP contribution in [0.1, 0.15) is 16.8 Å². The second-order valence-corrected chi connectivity index (χ2v) is 5.31. The average Bonchev–Trinajstić information content (AvgIpc) is 2.70. The summed E-state index contributed by atoms with van der Waals surface area (Å²) in [6.07, 6.45) is -0.692. The third-order valence-electron chi connectivity index (χ3n) is 3.62. The predicted molar refractivity (Wildman–Crippen MR) is 75.9 cm³/mol. The summed E-state index contributed by atoms with van der Waals surface area (Å²) < 4.78 is 39.4. The molecule has 116 valence electrons. The van der Waals surface area contributed by atoms with Crippen molar-refractivity contribution in [2.75, 3.05) is 18.0 Å². The topological polar surface area (TPSA) is 41.9 Å². The molecule has 0 aromatic carbocycles. The van der Waals surface area contributed by atoms with Crippen molar-refractivity contribution in [3.05, 3.63) is 46.6 Å². The van der Waals surface area contributed by atoms with Gasteiger partial charge in [-0.25, -0.2) is 15.0 Å². The number of fused-ring (bicyclic) bond motifs is 1. The Morgan fingerprint density at radius 3 is 2.64 bits per heavy atom. The lowest BCUT2D eigenvalue weighted by Gasteiger charge is -2.24. The molecule has 0 saturated heterocycles. The molecule has 1 aliphatic heterocycles. The highest BCUT2D eigenvalue weighted by Gasteiger charge is 2.36.